The van der Waals surface area contributed by atoms with Gasteiger partial charge < -0.3 is 19.8 Å². The molecule has 2 N–H and O–H groups in total. The highest BCUT2D eigenvalue weighted by Crippen LogP contribution is 2.40. The number of aromatic nitrogens is 2. The molecule has 0 unspecified atom stereocenters. The number of carbonyl (C=O) groups is 1. The highest BCUT2D eigenvalue weighted by atomic mass is 16.5. The van der Waals surface area contributed by atoms with Gasteiger partial charge in [-0.25, -0.2) is 4.98 Å². The van der Waals surface area contributed by atoms with Crippen molar-refractivity contribution in [3.8, 4) is 35.2 Å². The van der Waals surface area contributed by atoms with Gasteiger partial charge in [-0.05, 0) is 43.7 Å². The molecule has 0 spiro atoms. The summed E-state index contributed by atoms with van der Waals surface area (Å²) in [4.78, 5) is 20.2. The summed E-state index contributed by atoms with van der Waals surface area (Å²) in [6.07, 6.45) is 5.23. The Morgan fingerprint density at radius 3 is 2.81 bits per heavy atom. The first-order valence-electron chi connectivity index (χ1n) is 8.54. The molecule has 1 aliphatic heterocycles. The third-order valence-corrected chi connectivity index (χ3v) is 4.86. The van der Waals surface area contributed by atoms with Gasteiger partial charge in [0.05, 0.1) is 29.1 Å². The number of methoxy groups -OCH3 is 1. The zero-order valence-corrected chi connectivity index (χ0v) is 15.3. The topological polar surface area (TPSA) is 76.2 Å². The number of imidazole rings is 1. The molecule has 4 rings (SSSR count). The molecule has 136 valence electrons. The molecule has 0 fully saturated rings. The van der Waals surface area contributed by atoms with Crippen LogP contribution in [0.1, 0.15) is 19.4 Å². The quantitative estimate of drug-likeness (QED) is 0.698. The van der Waals surface area contributed by atoms with Crippen LogP contribution in [-0.4, -0.2) is 29.6 Å². The maximum atomic E-state index is 12.1. The molecular formula is C21H19N3O3. The number of terminal acetylenes is 1. The van der Waals surface area contributed by atoms with E-state index in [-0.39, 0.29) is 12.5 Å². The van der Waals surface area contributed by atoms with Gasteiger partial charge in [0.2, 0.25) is 5.91 Å². The highest BCUT2D eigenvalue weighted by molar-refractivity contribution is 6.07. The van der Waals surface area contributed by atoms with Crippen LogP contribution in [0, 0.1) is 12.3 Å². The van der Waals surface area contributed by atoms with E-state index in [9.17, 15) is 4.79 Å². The summed E-state index contributed by atoms with van der Waals surface area (Å²) in [6, 6.07) is 9.36. The molecule has 6 nitrogen and oxygen atoms in total. The van der Waals surface area contributed by atoms with E-state index < -0.39 is 5.41 Å². The van der Waals surface area contributed by atoms with Crippen LogP contribution in [0.25, 0.3) is 22.4 Å². The Morgan fingerprint density at radius 1 is 1.26 bits per heavy atom. The van der Waals surface area contributed by atoms with Crippen molar-refractivity contribution in [2.45, 2.75) is 19.3 Å². The number of anilines is 1. The standard InChI is InChI=1S/C21H19N3O3/c1-5-8-27-12-6-7-13(18(9-12)26-4)19-22-16-10-14-15(11-17(16)23-19)24-20(25)21(14,2)3/h1,6-7,9-11H,8H2,2-4H3,(H,22,23)(H,24,25). The van der Waals surface area contributed by atoms with Crippen LogP contribution in [-0.2, 0) is 10.2 Å². The summed E-state index contributed by atoms with van der Waals surface area (Å²) >= 11 is 0. The zero-order chi connectivity index (χ0) is 19.2. The van der Waals surface area contributed by atoms with Gasteiger partial charge in [0.15, 0.2) is 0 Å². The van der Waals surface area contributed by atoms with Crippen molar-refractivity contribution in [1.82, 2.24) is 9.97 Å². The molecule has 3 aromatic rings. The van der Waals surface area contributed by atoms with E-state index in [1.54, 1.807) is 13.2 Å². The summed E-state index contributed by atoms with van der Waals surface area (Å²) in [5.41, 5.74) is 3.64. The van der Waals surface area contributed by atoms with Gasteiger partial charge in [-0.2, -0.15) is 0 Å². The second-order valence-electron chi connectivity index (χ2n) is 6.93. The minimum absolute atomic E-state index is 0.00500. The van der Waals surface area contributed by atoms with E-state index in [0.29, 0.717) is 17.3 Å². The average Bonchev–Trinajstić information content (AvgIpc) is 3.16. The van der Waals surface area contributed by atoms with Crippen LogP contribution < -0.4 is 14.8 Å². The number of hydrogen-bond donors (Lipinski definition) is 2. The number of nitrogens with one attached hydrogen (secondary N) is 2. The Morgan fingerprint density at radius 2 is 2.07 bits per heavy atom. The second kappa shape index (κ2) is 6.06. The molecule has 0 atom stereocenters. The van der Waals surface area contributed by atoms with Crippen LogP contribution in [0.4, 0.5) is 5.69 Å². The van der Waals surface area contributed by atoms with Gasteiger partial charge in [-0.3, -0.25) is 4.79 Å². The minimum Gasteiger partial charge on any atom is -0.496 e. The van der Waals surface area contributed by atoms with Gasteiger partial charge in [0.1, 0.15) is 23.9 Å². The van der Waals surface area contributed by atoms with E-state index >= 15 is 0 Å². The van der Waals surface area contributed by atoms with Crippen molar-refractivity contribution in [2.24, 2.45) is 0 Å². The number of nitrogens with zero attached hydrogens (tertiary/aromatic N) is 1. The molecule has 27 heavy (non-hydrogen) atoms. The predicted octanol–water partition coefficient (Wildman–Crippen LogP) is 3.48. The maximum Gasteiger partial charge on any atom is 0.234 e. The molecule has 0 saturated heterocycles. The Kier molecular flexibility index (Phi) is 3.81. The monoisotopic (exact) mass is 361 g/mol. The summed E-state index contributed by atoms with van der Waals surface area (Å²) in [7, 11) is 1.60. The molecule has 0 saturated carbocycles. The van der Waals surface area contributed by atoms with Crippen molar-refractivity contribution in [1.29, 1.82) is 0 Å². The van der Waals surface area contributed by atoms with E-state index in [0.717, 1.165) is 27.8 Å². The smallest absolute Gasteiger partial charge is 0.234 e. The lowest BCUT2D eigenvalue weighted by molar-refractivity contribution is -0.119. The number of amides is 1. The van der Waals surface area contributed by atoms with Crippen molar-refractivity contribution in [3.63, 3.8) is 0 Å². The van der Waals surface area contributed by atoms with Crippen molar-refractivity contribution in [3.05, 3.63) is 35.9 Å². The zero-order valence-electron chi connectivity index (χ0n) is 15.3. The number of ether oxygens (including phenoxy) is 2. The lowest BCUT2D eigenvalue weighted by atomic mass is 9.86. The Hall–Kier alpha value is -3.46. The van der Waals surface area contributed by atoms with Crippen molar-refractivity contribution >= 4 is 22.6 Å². The number of hydrogen-bond acceptors (Lipinski definition) is 4. The maximum absolute atomic E-state index is 12.1. The first-order chi connectivity index (χ1) is 12.9. The molecule has 1 aliphatic rings. The molecule has 1 aromatic heterocycles. The first-order valence-corrected chi connectivity index (χ1v) is 8.54. The molecule has 0 bridgehead atoms. The third kappa shape index (κ3) is 2.68. The molecular weight excluding hydrogens is 342 g/mol. The van der Waals surface area contributed by atoms with Gasteiger partial charge in [-0.1, -0.05) is 5.92 Å². The fraction of sp³-hybridized carbons (Fsp3) is 0.238. The van der Waals surface area contributed by atoms with Gasteiger partial charge >= 0.3 is 0 Å². The Labute approximate surface area is 156 Å². The molecule has 2 heterocycles. The Balaban J connectivity index is 1.78. The predicted molar refractivity (Wildman–Crippen MR) is 104 cm³/mol. The van der Waals surface area contributed by atoms with Gasteiger partial charge in [-0.15, -0.1) is 6.42 Å². The Bertz CT molecular complexity index is 1110. The number of aromatic amines is 1. The molecule has 0 aliphatic carbocycles. The number of rotatable bonds is 4. The normalized spacial score (nSPS) is 14.5. The number of H-pyrrole nitrogens is 1. The summed E-state index contributed by atoms with van der Waals surface area (Å²) in [6.45, 7) is 4.01. The summed E-state index contributed by atoms with van der Waals surface area (Å²) < 4.78 is 10.9. The third-order valence-electron chi connectivity index (χ3n) is 4.86. The lowest BCUT2D eigenvalue weighted by Gasteiger charge is -2.14. The van der Waals surface area contributed by atoms with Crippen LogP contribution >= 0.6 is 0 Å². The van der Waals surface area contributed by atoms with E-state index in [1.807, 2.05) is 38.1 Å². The van der Waals surface area contributed by atoms with E-state index in [2.05, 4.69) is 16.2 Å². The molecule has 2 aromatic carbocycles. The number of fused-ring (bicyclic) bond motifs is 2. The van der Waals surface area contributed by atoms with Crippen LogP contribution in [0.15, 0.2) is 30.3 Å². The van der Waals surface area contributed by atoms with Crippen LogP contribution in [0.5, 0.6) is 11.5 Å². The fourth-order valence-corrected chi connectivity index (χ4v) is 3.29. The second-order valence-corrected chi connectivity index (χ2v) is 6.93. The summed E-state index contributed by atoms with van der Waals surface area (Å²) in [5.74, 6) is 4.37. The SMILES string of the molecule is C#CCOc1ccc(-c2nc3cc4c(cc3[nH]2)NC(=O)C4(C)C)c(OC)c1. The van der Waals surface area contributed by atoms with Crippen LogP contribution in [0.2, 0.25) is 0 Å². The number of carbonyl (C=O) groups excluding carboxylic acids is 1. The average molecular weight is 361 g/mol. The lowest BCUT2D eigenvalue weighted by Crippen LogP contribution is -2.26. The van der Waals surface area contributed by atoms with Crippen LogP contribution in [0.3, 0.4) is 0 Å². The largest absolute Gasteiger partial charge is 0.496 e. The molecule has 1 amide bonds. The minimum atomic E-state index is -0.573. The first kappa shape index (κ1) is 17.0. The molecule has 0 radical (unpaired) electrons. The number of benzene rings is 2. The van der Waals surface area contributed by atoms with Crippen molar-refractivity contribution in [2.75, 3.05) is 19.0 Å². The fourth-order valence-electron chi connectivity index (χ4n) is 3.29. The van der Waals surface area contributed by atoms with Crippen molar-refractivity contribution < 1.29 is 14.3 Å². The highest BCUT2D eigenvalue weighted by Gasteiger charge is 2.38. The van der Waals surface area contributed by atoms with Gasteiger partial charge in [0.25, 0.3) is 0 Å². The summed E-state index contributed by atoms with van der Waals surface area (Å²) in [5, 5.41) is 2.93. The van der Waals surface area contributed by atoms with E-state index in [1.165, 1.54) is 0 Å². The van der Waals surface area contributed by atoms with Gasteiger partial charge in [0, 0.05) is 11.8 Å². The molecule has 6 heteroatoms. The van der Waals surface area contributed by atoms with E-state index in [4.69, 9.17) is 20.9 Å².